The molecule has 2 rings (SSSR count). The van der Waals surface area contributed by atoms with Crippen molar-refractivity contribution >= 4 is 29.3 Å². The second-order valence-corrected chi connectivity index (χ2v) is 5.20. The Labute approximate surface area is 130 Å². The molecule has 1 aromatic carbocycles. The highest BCUT2D eigenvalue weighted by atomic mass is 35.5. The van der Waals surface area contributed by atoms with E-state index in [4.69, 9.17) is 26.2 Å². The maximum atomic E-state index is 10.9. The number of carboxylic acid groups (broad SMARTS) is 1. The molecule has 110 valence electrons. The molecule has 0 aliphatic heterocycles. The highest BCUT2D eigenvalue weighted by Crippen LogP contribution is 2.33. The largest absolute Gasteiger partial charge is 0.481 e. The van der Waals surface area contributed by atoms with Crippen LogP contribution in [-0.2, 0) is 0 Å². The normalized spacial score (nSPS) is 10.2. The minimum absolute atomic E-state index is 0.119. The summed E-state index contributed by atoms with van der Waals surface area (Å²) < 4.78 is 10.1. The number of carbonyl (C=O) groups is 1. The molecule has 21 heavy (non-hydrogen) atoms. The molecule has 0 bridgehead atoms. The third-order valence-electron chi connectivity index (χ3n) is 2.46. The monoisotopic (exact) mass is 326 g/mol. The zero-order valence-electron chi connectivity index (χ0n) is 11.2. The standard InChI is InChI=1S/C13H11ClN2O4S/c1-19-10-6-11(20-2)16-13(15-10)21-9-4-3-7(12(17)18)5-8(9)14/h3-6H,1-2H3,(H,17,18). The summed E-state index contributed by atoms with van der Waals surface area (Å²) in [5.41, 5.74) is 0.119. The van der Waals surface area contributed by atoms with Gasteiger partial charge < -0.3 is 14.6 Å². The van der Waals surface area contributed by atoms with Crippen molar-refractivity contribution in [1.29, 1.82) is 0 Å². The van der Waals surface area contributed by atoms with Crippen LogP contribution in [-0.4, -0.2) is 35.3 Å². The van der Waals surface area contributed by atoms with E-state index in [9.17, 15) is 4.79 Å². The van der Waals surface area contributed by atoms with Gasteiger partial charge in [-0.05, 0) is 30.0 Å². The smallest absolute Gasteiger partial charge is 0.335 e. The van der Waals surface area contributed by atoms with Crippen molar-refractivity contribution in [2.45, 2.75) is 10.1 Å². The van der Waals surface area contributed by atoms with E-state index >= 15 is 0 Å². The molecule has 1 heterocycles. The summed E-state index contributed by atoms with van der Waals surface area (Å²) >= 11 is 7.26. The molecule has 0 amide bonds. The fourth-order valence-electron chi connectivity index (χ4n) is 1.45. The number of aromatic carboxylic acids is 1. The number of rotatable bonds is 5. The van der Waals surface area contributed by atoms with Crippen LogP contribution in [0.4, 0.5) is 0 Å². The summed E-state index contributed by atoms with van der Waals surface area (Å²) in [6.45, 7) is 0. The van der Waals surface area contributed by atoms with E-state index in [1.165, 1.54) is 38.1 Å². The van der Waals surface area contributed by atoms with Gasteiger partial charge in [-0.15, -0.1) is 0 Å². The predicted molar refractivity (Wildman–Crippen MR) is 77.7 cm³/mol. The number of methoxy groups -OCH3 is 2. The van der Waals surface area contributed by atoms with Gasteiger partial charge in [-0.1, -0.05) is 11.6 Å². The highest BCUT2D eigenvalue weighted by molar-refractivity contribution is 7.99. The molecule has 0 saturated carbocycles. The molecule has 0 atom stereocenters. The molecule has 0 unspecified atom stereocenters. The van der Waals surface area contributed by atoms with Gasteiger partial charge in [0, 0.05) is 4.90 Å². The zero-order valence-corrected chi connectivity index (χ0v) is 12.7. The van der Waals surface area contributed by atoms with Gasteiger partial charge in [-0.25, -0.2) is 4.79 Å². The first-order chi connectivity index (χ1) is 10.0. The van der Waals surface area contributed by atoms with E-state index in [0.29, 0.717) is 26.8 Å². The van der Waals surface area contributed by atoms with Crippen LogP contribution in [0.1, 0.15) is 10.4 Å². The lowest BCUT2D eigenvalue weighted by molar-refractivity contribution is 0.0697. The molecule has 1 aromatic heterocycles. The molecule has 1 N–H and O–H groups in total. The minimum atomic E-state index is -1.03. The van der Waals surface area contributed by atoms with E-state index in [1.54, 1.807) is 12.1 Å². The molecule has 2 aromatic rings. The zero-order chi connectivity index (χ0) is 15.4. The van der Waals surface area contributed by atoms with Crippen molar-refractivity contribution in [3.63, 3.8) is 0 Å². The Morgan fingerprint density at radius 3 is 2.29 bits per heavy atom. The van der Waals surface area contributed by atoms with Gasteiger partial charge in [0.2, 0.25) is 11.8 Å². The Morgan fingerprint density at radius 1 is 1.19 bits per heavy atom. The van der Waals surface area contributed by atoms with Crippen molar-refractivity contribution in [1.82, 2.24) is 9.97 Å². The average molecular weight is 327 g/mol. The molecule has 0 saturated heterocycles. The molecule has 0 radical (unpaired) electrons. The van der Waals surface area contributed by atoms with Crippen molar-refractivity contribution in [2.75, 3.05) is 14.2 Å². The lowest BCUT2D eigenvalue weighted by Crippen LogP contribution is -1.97. The first-order valence-corrected chi connectivity index (χ1v) is 6.90. The Morgan fingerprint density at radius 2 is 1.81 bits per heavy atom. The fraction of sp³-hybridized carbons (Fsp3) is 0.154. The maximum Gasteiger partial charge on any atom is 0.335 e. The fourth-order valence-corrected chi connectivity index (χ4v) is 2.51. The van der Waals surface area contributed by atoms with Gasteiger partial charge >= 0.3 is 5.97 Å². The van der Waals surface area contributed by atoms with Gasteiger partial charge in [-0.3, -0.25) is 0 Å². The minimum Gasteiger partial charge on any atom is -0.481 e. The van der Waals surface area contributed by atoms with Crippen LogP contribution in [0.25, 0.3) is 0 Å². The first-order valence-electron chi connectivity index (χ1n) is 5.71. The summed E-state index contributed by atoms with van der Waals surface area (Å²) in [4.78, 5) is 19.8. The van der Waals surface area contributed by atoms with E-state index in [1.807, 2.05) is 0 Å². The predicted octanol–water partition coefficient (Wildman–Crippen LogP) is 3.00. The van der Waals surface area contributed by atoms with Crippen LogP contribution in [0.3, 0.4) is 0 Å². The Balaban J connectivity index is 2.31. The number of carboxylic acids is 1. The first kappa shape index (κ1) is 15.4. The van der Waals surface area contributed by atoms with Crippen LogP contribution in [0.15, 0.2) is 34.3 Å². The van der Waals surface area contributed by atoms with Gasteiger partial charge in [-0.2, -0.15) is 9.97 Å². The molecule has 0 aliphatic rings. The van der Waals surface area contributed by atoms with E-state index in [0.717, 1.165) is 0 Å². The number of hydrogen-bond donors (Lipinski definition) is 1. The number of ether oxygens (including phenoxy) is 2. The Bertz CT molecular complexity index is 659. The molecule has 0 fully saturated rings. The number of aromatic nitrogens is 2. The van der Waals surface area contributed by atoms with Crippen molar-refractivity contribution in [2.24, 2.45) is 0 Å². The van der Waals surface area contributed by atoms with E-state index in [-0.39, 0.29) is 5.56 Å². The van der Waals surface area contributed by atoms with Crippen LogP contribution >= 0.6 is 23.4 Å². The summed E-state index contributed by atoms with van der Waals surface area (Å²) in [5, 5.41) is 9.60. The molecule has 0 spiro atoms. The average Bonchev–Trinajstić information content (AvgIpc) is 2.48. The third-order valence-corrected chi connectivity index (χ3v) is 3.82. The van der Waals surface area contributed by atoms with Gasteiger partial charge in [0.05, 0.1) is 30.9 Å². The third kappa shape index (κ3) is 3.77. The molecule has 0 aliphatic carbocycles. The Kier molecular flexibility index (Phi) is 4.87. The van der Waals surface area contributed by atoms with Crippen LogP contribution in [0.5, 0.6) is 11.8 Å². The highest BCUT2D eigenvalue weighted by Gasteiger charge is 2.12. The number of hydrogen-bond acceptors (Lipinski definition) is 6. The summed E-state index contributed by atoms with van der Waals surface area (Å²) in [5.74, 6) is -0.307. The number of benzene rings is 1. The SMILES string of the molecule is COc1cc(OC)nc(Sc2ccc(C(=O)O)cc2Cl)n1. The van der Waals surface area contributed by atoms with E-state index in [2.05, 4.69) is 9.97 Å². The summed E-state index contributed by atoms with van der Waals surface area (Å²) in [6, 6.07) is 6.00. The van der Waals surface area contributed by atoms with Gasteiger partial charge in [0.1, 0.15) is 0 Å². The van der Waals surface area contributed by atoms with Gasteiger partial charge in [0.15, 0.2) is 5.16 Å². The van der Waals surface area contributed by atoms with Crippen LogP contribution in [0.2, 0.25) is 5.02 Å². The second kappa shape index (κ2) is 6.64. The van der Waals surface area contributed by atoms with Crippen molar-refractivity contribution in [3.8, 4) is 11.8 Å². The molecule has 6 nitrogen and oxygen atoms in total. The molecule has 8 heteroatoms. The van der Waals surface area contributed by atoms with E-state index < -0.39 is 5.97 Å². The molecular weight excluding hydrogens is 316 g/mol. The quantitative estimate of drug-likeness (QED) is 0.846. The van der Waals surface area contributed by atoms with Crippen LogP contribution < -0.4 is 9.47 Å². The number of nitrogens with zero attached hydrogens (tertiary/aromatic N) is 2. The summed E-state index contributed by atoms with van der Waals surface area (Å²) in [7, 11) is 2.98. The second-order valence-electron chi connectivity index (χ2n) is 3.79. The van der Waals surface area contributed by atoms with Gasteiger partial charge in [0.25, 0.3) is 0 Å². The topological polar surface area (TPSA) is 81.5 Å². The molecular formula is C13H11ClN2O4S. The van der Waals surface area contributed by atoms with Crippen LogP contribution in [0, 0.1) is 0 Å². The Hall–Kier alpha value is -1.99. The van der Waals surface area contributed by atoms with Crippen molar-refractivity contribution < 1.29 is 19.4 Å². The lowest BCUT2D eigenvalue weighted by atomic mass is 10.2. The maximum absolute atomic E-state index is 10.9. The van der Waals surface area contributed by atoms with Crippen molar-refractivity contribution in [3.05, 3.63) is 34.9 Å². The number of halogens is 1. The lowest BCUT2D eigenvalue weighted by Gasteiger charge is -2.07. The summed E-state index contributed by atoms with van der Waals surface area (Å²) in [6.07, 6.45) is 0.